The number of rotatable bonds is 4. The first-order chi connectivity index (χ1) is 13.4. The summed E-state index contributed by atoms with van der Waals surface area (Å²) in [6, 6.07) is 10.4. The van der Waals surface area contributed by atoms with Crippen molar-refractivity contribution in [1.29, 1.82) is 0 Å². The Morgan fingerprint density at radius 1 is 1.07 bits per heavy atom. The van der Waals surface area contributed by atoms with Crippen LogP contribution in [0.4, 0.5) is 5.13 Å². The van der Waals surface area contributed by atoms with Crippen LogP contribution in [0.25, 0.3) is 16.9 Å². The first kappa shape index (κ1) is 18.4. The molecule has 4 aromatic rings. The number of nitrogens with one attached hydrogen (secondary N) is 1. The molecule has 5 nitrogen and oxygen atoms in total. The number of hydrogen-bond donors (Lipinski definition) is 1. The lowest BCUT2D eigenvalue weighted by Crippen LogP contribution is -2.16. The number of amides is 1. The van der Waals surface area contributed by atoms with Crippen LogP contribution >= 0.6 is 11.3 Å². The van der Waals surface area contributed by atoms with Crippen molar-refractivity contribution in [3.63, 3.8) is 0 Å². The van der Waals surface area contributed by atoms with Crippen LogP contribution in [0.1, 0.15) is 28.1 Å². The van der Waals surface area contributed by atoms with Crippen LogP contribution < -0.4 is 5.32 Å². The summed E-state index contributed by atoms with van der Waals surface area (Å²) in [5.41, 5.74) is 8.09. The topological polar surface area (TPSA) is 59.3 Å². The van der Waals surface area contributed by atoms with Gasteiger partial charge >= 0.3 is 0 Å². The van der Waals surface area contributed by atoms with Gasteiger partial charge in [-0.15, -0.1) is 11.3 Å². The van der Waals surface area contributed by atoms with Crippen molar-refractivity contribution in [1.82, 2.24) is 14.4 Å². The van der Waals surface area contributed by atoms with Gasteiger partial charge in [0.2, 0.25) is 5.91 Å². The second kappa shape index (κ2) is 7.20. The maximum atomic E-state index is 12.7. The summed E-state index contributed by atoms with van der Waals surface area (Å²) in [4.78, 5) is 21.9. The number of aryl methyl sites for hydroxylation is 4. The number of benzene rings is 1. The number of imidazole rings is 1. The molecule has 6 heteroatoms. The second-order valence-corrected chi connectivity index (χ2v) is 8.02. The smallest absolute Gasteiger partial charge is 0.232 e. The zero-order valence-electron chi connectivity index (χ0n) is 16.4. The van der Waals surface area contributed by atoms with Gasteiger partial charge in [-0.3, -0.25) is 4.79 Å². The molecule has 0 radical (unpaired) electrons. The van der Waals surface area contributed by atoms with Crippen molar-refractivity contribution in [3.05, 3.63) is 70.0 Å². The molecule has 0 saturated heterocycles. The highest BCUT2D eigenvalue weighted by atomic mass is 32.1. The van der Waals surface area contributed by atoms with Crippen molar-refractivity contribution >= 4 is 28.0 Å². The van der Waals surface area contributed by atoms with E-state index in [0.717, 1.165) is 33.9 Å². The molecule has 0 aliphatic heterocycles. The van der Waals surface area contributed by atoms with Crippen molar-refractivity contribution in [3.8, 4) is 11.3 Å². The van der Waals surface area contributed by atoms with E-state index in [0.29, 0.717) is 5.13 Å². The fourth-order valence-electron chi connectivity index (χ4n) is 3.21. The summed E-state index contributed by atoms with van der Waals surface area (Å²) < 4.78 is 2.00. The van der Waals surface area contributed by atoms with Crippen LogP contribution in [0, 0.1) is 27.7 Å². The molecule has 0 spiro atoms. The molecule has 3 aromatic heterocycles. The Kier molecular flexibility index (Phi) is 4.73. The third kappa shape index (κ3) is 3.55. The van der Waals surface area contributed by atoms with E-state index in [4.69, 9.17) is 4.98 Å². The Morgan fingerprint density at radius 2 is 1.89 bits per heavy atom. The van der Waals surface area contributed by atoms with Gasteiger partial charge in [-0.1, -0.05) is 12.1 Å². The molecule has 4 rings (SSSR count). The van der Waals surface area contributed by atoms with E-state index in [9.17, 15) is 4.79 Å². The van der Waals surface area contributed by atoms with Gasteiger partial charge in [0.1, 0.15) is 5.65 Å². The lowest BCUT2D eigenvalue weighted by atomic mass is 10.0. The molecule has 0 unspecified atom stereocenters. The number of carbonyl (C=O) groups is 1. The molecule has 0 aliphatic carbocycles. The van der Waals surface area contributed by atoms with E-state index >= 15 is 0 Å². The molecule has 1 amide bonds. The Labute approximate surface area is 168 Å². The number of thiazole rings is 1. The number of nitrogens with zero attached hydrogens (tertiary/aromatic N) is 3. The lowest BCUT2D eigenvalue weighted by Gasteiger charge is -2.07. The third-order valence-electron chi connectivity index (χ3n) is 4.85. The normalized spacial score (nSPS) is 11.1. The highest BCUT2D eigenvalue weighted by molar-refractivity contribution is 7.13. The van der Waals surface area contributed by atoms with Crippen molar-refractivity contribution in [2.45, 2.75) is 34.1 Å². The summed E-state index contributed by atoms with van der Waals surface area (Å²) in [5.74, 6) is -0.0955. The molecule has 1 N–H and O–H groups in total. The van der Waals surface area contributed by atoms with E-state index in [1.807, 2.05) is 42.0 Å². The minimum Gasteiger partial charge on any atom is -0.303 e. The number of fused-ring (bicyclic) bond motifs is 1. The van der Waals surface area contributed by atoms with Gasteiger partial charge in [0.25, 0.3) is 0 Å². The molecule has 0 saturated carbocycles. The van der Waals surface area contributed by atoms with E-state index in [1.165, 1.54) is 22.5 Å². The Balaban J connectivity index is 1.76. The summed E-state index contributed by atoms with van der Waals surface area (Å²) in [7, 11) is 0. The number of pyridine rings is 1. The molecule has 0 fully saturated rings. The first-order valence-electron chi connectivity index (χ1n) is 9.18. The van der Waals surface area contributed by atoms with Gasteiger partial charge in [0.05, 0.1) is 23.5 Å². The van der Waals surface area contributed by atoms with Gasteiger partial charge in [0, 0.05) is 17.1 Å². The minimum absolute atomic E-state index is 0.0955. The number of anilines is 1. The highest BCUT2D eigenvalue weighted by Crippen LogP contribution is 2.27. The Hall–Kier alpha value is -2.99. The molecule has 0 aliphatic rings. The van der Waals surface area contributed by atoms with Gasteiger partial charge in [0.15, 0.2) is 5.13 Å². The number of carbonyl (C=O) groups excluding carboxylic acids is 1. The van der Waals surface area contributed by atoms with Crippen LogP contribution in [0.15, 0.2) is 41.9 Å². The van der Waals surface area contributed by atoms with Crippen molar-refractivity contribution in [2.24, 2.45) is 0 Å². The predicted octanol–water partition coefficient (Wildman–Crippen LogP) is 4.87. The zero-order chi connectivity index (χ0) is 19.8. The molecule has 0 bridgehead atoms. The molecular weight excluding hydrogens is 368 g/mol. The van der Waals surface area contributed by atoms with Gasteiger partial charge in [-0.05, 0) is 62.6 Å². The third-order valence-corrected chi connectivity index (χ3v) is 5.73. The monoisotopic (exact) mass is 390 g/mol. The number of hydrogen-bond acceptors (Lipinski definition) is 4. The van der Waals surface area contributed by atoms with E-state index in [-0.39, 0.29) is 12.3 Å². The van der Waals surface area contributed by atoms with E-state index in [1.54, 1.807) is 0 Å². The largest absolute Gasteiger partial charge is 0.303 e. The highest BCUT2D eigenvalue weighted by Gasteiger charge is 2.18. The summed E-state index contributed by atoms with van der Waals surface area (Å²) in [5, 5.41) is 5.45. The Bertz CT molecular complexity index is 1190. The molecule has 0 atom stereocenters. The average Bonchev–Trinajstić information content (AvgIpc) is 3.20. The van der Waals surface area contributed by atoms with Gasteiger partial charge in [-0.25, -0.2) is 9.97 Å². The average molecular weight is 391 g/mol. The predicted molar refractivity (Wildman–Crippen MR) is 114 cm³/mol. The summed E-state index contributed by atoms with van der Waals surface area (Å²) in [6.07, 6.45) is 2.21. The summed E-state index contributed by atoms with van der Waals surface area (Å²) in [6.45, 7) is 8.14. The maximum Gasteiger partial charge on any atom is 0.232 e. The van der Waals surface area contributed by atoms with Crippen molar-refractivity contribution < 1.29 is 4.79 Å². The van der Waals surface area contributed by atoms with Crippen molar-refractivity contribution in [2.75, 3.05) is 5.32 Å². The fourth-order valence-corrected chi connectivity index (χ4v) is 3.92. The Morgan fingerprint density at radius 3 is 2.61 bits per heavy atom. The van der Waals surface area contributed by atoms with Crippen LogP contribution in [-0.4, -0.2) is 20.3 Å². The zero-order valence-corrected chi connectivity index (χ0v) is 17.2. The lowest BCUT2D eigenvalue weighted by molar-refractivity contribution is -0.115. The van der Waals surface area contributed by atoms with E-state index < -0.39 is 0 Å². The molecule has 142 valence electrons. The SMILES string of the molecule is Cc1ccn2c(CC(=O)Nc3nc(C)cs3)c(-c3ccc(C)c(C)c3)nc2c1. The summed E-state index contributed by atoms with van der Waals surface area (Å²) >= 11 is 1.43. The second-order valence-electron chi connectivity index (χ2n) is 7.16. The van der Waals surface area contributed by atoms with Crippen LogP contribution in [0.5, 0.6) is 0 Å². The standard InChI is InChI=1S/C22H22N4OS/c1-13-7-8-26-18(11-20(27)25-22-23-16(4)12-28-22)21(24-19(26)9-13)17-6-5-14(2)15(3)10-17/h5-10,12H,11H2,1-4H3,(H,23,25,27). The number of aromatic nitrogens is 3. The maximum absolute atomic E-state index is 12.7. The molecular formula is C22H22N4OS. The fraction of sp³-hybridized carbons (Fsp3) is 0.227. The first-order valence-corrected chi connectivity index (χ1v) is 10.1. The van der Waals surface area contributed by atoms with Gasteiger partial charge in [-0.2, -0.15) is 0 Å². The molecule has 1 aromatic carbocycles. The molecule has 28 heavy (non-hydrogen) atoms. The molecule has 3 heterocycles. The van der Waals surface area contributed by atoms with Crippen LogP contribution in [0.3, 0.4) is 0 Å². The quantitative estimate of drug-likeness (QED) is 0.541. The van der Waals surface area contributed by atoms with Gasteiger partial charge < -0.3 is 9.72 Å². The van der Waals surface area contributed by atoms with Crippen LogP contribution in [-0.2, 0) is 11.2 Å². The van der Waals surface area contributed by atoms with E-state index in [2.05, 4.69) is 42.3 Å². The minimum atomic E-state index is -0.0955. The van der Waals surface area contributed by atoms with Crippen LogP contribution in [0.2, 0.25) is 0 Å².